The molecule has 0 saturated carbocycles. The Labute approximate surface area is 108 Å². The molecular formula is C14H20N2O2. The number of amides is 2. The molecule has 1 rings (SSSR count). The van der Waals surface area contributed by atoms with Gasteiger partial charge in [0.1, 0.15) is 0 Å². The summed E-state index contributed by atoms with van der Waals surface area (Å²) in [6.45, 7) is 7.72. The largest absolute Gasteiger partial charge is 0.273 e. The molecule has 0 atom stereocenters. The molecule has 0 heterocycles. The smallest absolute Gasteiger partial charge is 0.269 e. The van der Waals surface area contributed by atoms with Crippen LogP contribution in [0.15, 0.2) is 24.3 Å². The van der Waals surface area contributed by atoms with Crippen molar-refractivity contribution >= 4 is 11.8 Å². The summed E-state index contributed by atoms with van der Waals surface area (Å²) in [4.78, 5) is 23.0. The number of nitrogens with one attached hydrogen (secondary N) is 2. The Balaban J connectivity index is 2.59. The number of carbonyl (C=O) groups excluding carboxylic acids is 2. The second kappa shape index (κ2) is 6.19. The maximum atomic E-state index is 11.7. The van der Waals surface area contributed by atoms with Crippen molar-refractivity contribution in [3.05, 3.63) is 35.4 Å². The number of carbonyl (C=O) groups is 2. The minimum absolute atomic E-state index is 0.159. The van der Waals surface area contributed by atoms with Crippen molar-refractivity contribution in [1.82, 2.24) is 10.9 Å². The molecular weight excluding hydrogens is 228 g/mol. The molecule has 4 heteroatoms. The molecule has 0 aliphatic rings. The van der Waals surface area contributed by atoms with Crippen molar-refractivity contribution in [2.45, 2.75) is 33.6 Å². The average Bonchev–Trinajstić information content (AvgIpc) is 2.35. The van der Waals surface area contributed by atoms with Gasteiger partial charge in [-0.2, -0.15) is 0 Å². The molecule has 0 fully saturated rings. The Morgan fingerprint density at radius 3 is 1.94 bits per heavy atom. The van der Waals surface area contributed by atoms with Gasteiger partial charge in [-0.1, -0.05) is 39.8 Å². The van der Waals surface area contributed by atoms with Gasteiger partial charge in [-0.05, 0) is 23.6 Å². The first-order valence-electron chi connectivity index (χ1n) is 6.12. The van der Waals surface area contributed by atoms with Crippen LogP contribution in [0.5, 0.6) is 0 Å². The van der Waals surface area contributed by atoms with Crippen LogP contribution in [0.4, 0.5) is 0 Å². The lowest BCUT2D eigenvalue weighted by molar-refractivity contribution is -0.124. The van der Waals surface area contributed by atoms with Gasteiger partial charge in [0, 0.05) is 11.5 Å². The van der Waals surface area contributed by atoms with E-state index >= 15 is 0 Å². The summed E-state index contributed by atoms with van der Waals surface area (Å²) in [5, 5.41) is 0. The standard InChI is InChI=1S/C14H20N2O2/c1-9(2)11-5-7-12(8-6-11)14(18)16-15-13(17)10(3)4/h5-10H,1-4H3,(H,15,17)(H,16,18). The zero-order valence-corrected chi connectivity index (χ0v) is 11.3. The van der Waals surface area contributed by atoms with Crippen LogP contribution < -0.4 is 10.9 Å². The highest BCUT2D eigenvalue weighted by molar-refractivity contribution is 5.95. The van der Waals surface area contributed by atoms with E-state index < -0.39 is 0 Å². The molecule has 0 bridgehead atoms. The predicted octanol–water partition coefficient (Wildman–Crippen LogP) is 2.23. The SMILES string of the molecule is CC(C)C(=O)NNC(=O)c1ccc(C(C)C)cc1. The first-order chi connectivity index (χ1) is 8.41. The van der Waals surface area contributed by atoms with Gasteiger partial charge >= 0.3 is 0 Å². The van der Waals surface area contributed by atoms with Gasteiger partial charge in [0.15, 0.2) is 0 Å². The van der Waals surface area contributed by atoms with E-state index in [1.54, 1.807) is 26.0 Å². The number of hydrogen-bond acceptors (Lipinski definition) is 2. The number of hydrogen-bond donors (Lipinski definition) is 2. The minimum atomic E-state index is -0.306. The number of rotatable bonds is 3. The molecule has 2 amide bonds. The number of hydrazine groups is 1. The van der Waals surface area contributed by atoms with Crippen LogP contribution in [0.2, 0.25) is 0 Å². The fourth-order valence-electron chi connectivity index (χ4n) is 1.35. The second-order valence-electron chi connectivity index (χ2n) is 4.87. The van der Waals surface area contributed by atoms with Crippen molar-refractivity contribution in [2.24, 2.45) is 5.92 Å². The molecule has 4 nitrogen and oxygen atoms in total. The summed E-state index contributed by atoms with van der Waals surface area (Å²) in [6.07, 6.45) is 0. The third-order valence-electron chi connectivity index (χ3n) is 2.66. The van der Waals surface area contributed by atoms with E-state index in [1.807, 2.05) is 12.1 Å². The third kappa shape index (κ3) is 3.87. The van der Waals surface area contributed by atoms with E-state index in [-0.39, 0.29) is 17.7 Å². The molecule has 18 heavy (non-hydrogen) atoms. The van der Waals surface area contributed by atoms with Crippen LogP contribution in [0.3, 0.4) is 0 Å². The lowest BCUT2D eigenvalue weighted by Crippen LogP contribution is -2.43. The molecule has 0 aliphatic carbocycles. The van der Waals surface area contributed by atoms with Crippen molar-refractivity contribution in [3.8, 4) is 0 Å². The Bertz CT molecular complexity index is 422. The van der Waals surface area contributed by atoms with Gasteiger partial charge in [0.05, 0.1) is 0 Å². The van der Waals surface area contributed by atoms with Crippen molar-refractivity contribution < 1.29 is 9.59 Å². The summed E-state index contributed by atoms with van der Waals surface area (Å²) in [7, 11) is 0. The third-order valence-corrected chi connectivity index (χ3v) is 2.66. The molecule has 98 valence electrons. The van der Waals surface area contributed by atoms with E-state index in [1.165, 1.54) is 5.56 Å². The quantitative estimate of drug-likeness (QED) is 0.806. The summed E-state index contributed by atoms with van der Waals surface area (Å²) in [6, 6.07) is 7.35. The average molecular weight is 248 g/mol. The Morgan fingerprint density at radius 2 is 1.50 bits per heavy atom. The summed E-state index contributed by atoms with van der Waals surface area (Å²) < 4.78 is 0. The highest BCUT2D eigenvalue weighted by Crippen LogP contribution is 2.14. The molecule has 1 aromatic rings. The predicted molar refractivity (Wildman–Crippen MR) is 71.0 cm³/mol. The van der Waals surface area contributed by atoms with Crippen LogP contribution in [-0.4, -0.2) is 11.8 Å². The summed E-state index contributed by atoms with van der Waals surface area (Å²) in [5.74, 6) is -0.238. The molecule has 0 saturated heterocycles. The Kier molecular flexibility index (Phi) is 4.89. The molecule has 1 aromatic carbocycles. The van der Waals surface area contributed by atoms with E-state index in [9.17, 15) is 9.59 Å². The molecule has 0 aromatic heterocycles. The maximum Gasteiger partial charge on any atom is 0.269 e. The first-order valence-corrected chi connectivity index (χ1v) is 6.12. The summed E-state index contributed by atoms with van der Waals surface area (Å²) >= 11 is 0. The lowest BCUT2D eigenvalue weighted by Gasteiger charge is -2.10. The van der Waals surface area contributed by atoms with Crippen molar-refractivity contribution in [1.29, 1.82) is 0 Å². The zero-order chi connectivity index (χ0) is 13.7. The normalized spacial score (nSPS) is 10.6. The number of benzene rings is 1. The van der Waals surface area contributed by atoms with Gasteiger partial charge < -0.3 is 0 Å². The highest BCUT2D eigenvalue weighted by atomic mass is 16.2. The fraction of sp³-hybridized carbons (Fsp3) is 0.429. The van der Waals surface area contributed by atoms with Gasteiger partial charge in [0.2, 0.25) is 5.91 Å². The molecule has 0 spiro atoms. The van der Waals surface area contributed by atoms with E-state index in [0.717, 1.165) is 0 Å². The Hall–Kier alpha value is -1.84. The molecule has 2 N–H and O–H groups in total. The van der Waals surface area contributed by atoms with Crippen LogP contribution in [-0.2, 0) is 4.79 Å². The van der Waals surface area contributed by atoms with Crippen LogP contribution >= 0.6 is 0 Å². The fourth-order valence-corrected chi connectivity index (χ4v) is 1.35. The van der Waals surface area contributed by atoms with Crippen LogP contribution in [0.25, 0.3) is 0 Å². The maximum absolute atomic E-state index is 11.7. The van der Waals surface area contributed by atoms with Crippen LogP contribution in [0.1, 0.15) is 49.5 Å². The lowest BCUT2D eigenvalue weighted by atomic mass is 10.0. The zero-order valence-electron chi connectivity index (χ0n) is 11.3. The molecule has 0 unspecified atom stereocenters. The van der Waals surface area contributed by atoms with Crippen molar-refractivity contribution in [3.63, 3.8) is 0 Å². The van der Waals surface area contributed by atoms with Crippen molar-refractivity contribution in [2.75, 3.05) is 0 Å². The van der Waals surface area contributed by atoms with E-state index in [0.29, 0.717) is 11.5 Å². The topological polar surface area (TPSA) is 58.2 Å². The van der Waals surface area contributed by atoms with Gasteiger partial charge in [-0.25, -0.2) is 0 Å². The monoisotopic (exact) mass is 248 g/mol. The van der Waals surface area contributed by atoms with Gasteiger partial charge in [-0.3, -0.25) is 20.4 Å². The van der Waals surface area contributed by atoms with E-state index in [2.05, 4.69) is 24.7 Å². The summed E-state index contributed by atoms with van der Waals surface area (Å²) in [5.41, 5.74) is 6.48. The minimum Gasteiger partial charge on any atom is -0.273 e. The second-order valence-corrected chi connectivity index (χ2v) is 4.87. The first kappa shape index (κ1) is 14.2. The highest BCUT2D eigenvalue weighted by Gasteiger charge is 2.10. The molecule has 0 aliphatic heterocycles. The van der Waals surface area contributed by atoms with Crippen LogP contribution in [0, 0.1) is 5.92 Å². The molecule has 0 radical (unpaired) electrons. The van der Waals surface area contributed by atoms with Gasteiger partial charge in [0.25, 0.3) is 5.91 Å². The van der Waals surface area contributed by atoms with E-state index in [4.69, 9.17) is 0 Å². The Morgan fingerprint density at radius 1 is 0.944 bits per heavy atom. The van der Waals surface area contributed by atoms with Gasteiger partial charge in [-0.15, -0.1) is 0 Å².